The van der Waals surface area contributed by atoms with E-state index < -0.39 is 17.5 Å². The van der Waals surface area contributed by atoms with Crippen molar-refractivity contribution in [3.63, 3.8) is 0 Å². The van der Waals surface area contributed by atoms with Crippen molar-refractivity contribution in [3.8, 4) is 0 Å². The molecule has 17 heavy (non-hydrogen) atoms. The second-order valence-electron chi connectivity index (χ2n) is 3.08. The maximum absolute atomic E-state index is 12.9. The van der Waals surface area contributed by atoms with Crippen LogP contribution >= 0.6 is 0 Å². The number of hydrogen-bond donors (Lipinski definition) is 2. The molecule has 88 valence electrons. The number of carbonyl (C=O) groups excluding carboxylic acids is 1. The van der Waals surface area contributed by atoms with E-state index in [4.69, 9.17) is 5.73 Å². The second kappa shape index (κ2) is 4.16. The molecule has 0 saturated carbocycles. The van der Waals surface area contributed by atoms with Crippen LogP contribution in [0, 0.1) is 11.6 Å². The van der Waals surface area contributed by atoms with Crippen LogP contribution in [0.25, 0.3) is 0 Å². The lowest BCUT2D eigenvalue weighted by Crippen LogP contribution is -2.14. The van der Waals surface area contributed by atoms with Crippen LogP contribution in [0.2, 0.25) is 0 Å². The molecule has 3 N–H and O–H groups in total. The largest absolute Gasteiger partial charge is 0.379 e. The van der Waals surface area contributed by atoms with E-state index >= 15 is 0 Å². The molecule has 0 saturated heterocycles. The minimum absolute atomic E-state index is 0.0660. The van der Waals surface area contributed by atoms with E-state index in [1.54, 1.807) is 0 Å². The van der Waals surface area contributed by atoms with Gasteiger partial charge in [0.15, 0.2) is 11.6 Å². The summed E-state index contributed by atoms with van der Waals surface area (Å²) in [5, 5.41) is 8.73. The first-order valence-electron chi connectivity index (χ1n) is 4.42. The van der Waals surface area contributed by atoms with Crippen molar-refractivity contribution in [2.45, 2.75) is 0 Å². The number of nitrogen functional groups attached to an aromatic ring is 1. The molecule has 1 aromatic carbocycles. The summed E-state index contributed by atoms with van der Waals surface area (Å²) < 4.78 is 29.7. The summed E-state index contributed by atoms with van der Waals surface area (Å²) in [6, 6.07) is 2.91. The Hall–Kier alpha value is -2.51. The van der Waals surface area contributed by atoms with E-state index in [-0.39, 0.29) is 17.2 Å². The predicted octanol–water partition coefficient (Wildman–Crippen LogP) is 1.18. The summed E-state index contributed by atoms with van der Waals surface area (Å²) in [7, 11) is 0. The molecule has 0 atom stereocenters. The molecule has 2 aromatic rings. The minimum Gasteiger partial charge on any atom is -0.379 e. The maximum Gasteiger partial charge on any atom is 0.281 e. The van der Waals surface area contributed by atoms with Crippen molar-refractivity contribution in [3.05, 3.63) is 35.5 Å². The molecule has 1 heterocycles. The molecule has 1 aromatic heterocycles. The van der Waals surface area contributed by atoms with Crippen molar-refractivity contribution < 1.29 is 18.2 Å². The highest BCUT2D eigenvalue weighted by atomic mass is 19.2. The van der Waals surface area contributed by atoms with Crippen molar-refractivity contribution in [2.75, 3.05) is 11.1 Å². The number of carbonyl (C=O) groups is 1. The smallest absolute Gasteiger partial charge is 0.281 e. The van der Waals surface area contributed by atoms with Crippen molar-refractivity contribution in [2.24, 2.45) is 0 Å². The Morgan fingerprint density at radius 3 is 2.65 bits per heavy atom. The molecule has 8 heteroatoms. The number of rotatable bonds is 2. The summed E-state index contributed by atoms with van der Waals surface area (Å²) in [5.74, 6) is -3.00. The summed E-state index contributed by atoms with van der Waals surface area (Å²) >= 11 is 0. The van der Waals surface area contributed by atoms with Gasteiger partial charge in [0.25, 0.3) is 5.91 Å². The Morgan fingerprint density at radius 1 is 1.29 bits per heavy atom. The Bertz CT molecular complexity index is 570. The van der Waals surface area contributed by atoms with Crippen molar-refractivity contribution in [1.82, 2.24) is 10.3 Å². The van der Waals surface area contributed by atoms with Gasteiger partial charge < -0.3 is 11.1 Å². The molecule has 0 aliphatic carbocycles. The molecule has 1 amide bonds. The van der Waals surface area contributed by atoms with Crippen LogP contribution < -0.4 is 11.1 Å². The Kier molecular flexibility index (Phi) is 2.69. The van der Waals surface area contributed by atoms with Crippen LogP contribution in [0.1, 0.15) is 10.5 Å². The van der Waals surface area contributed by atoms with E-state index in [1.165, 1.54) is 6.07 Å². The van der Waals surface area contributed by atoms with E-state index in [0.29, 0.717) is 0 Å². The van der Waals surface area contributed by atoms with Gasteiger partial charge in [-0.1, -0.05) is 0 Å². The van der Waals surface area contributed by atoms with Crippen LogP contribution in [-0.4, -0.2) is 16.2 Å². The first-order chi connectivity index (χ1) is 8.08. The summed E-state index contributed by atoms with van der Waals surface area (Å²) in [4.78, 5) is 11.5. The number of nitrogens with two attached hydrogens (primary N) is 1. The first-order valence-corrected chi connectivity index (χ1v) is 4.42. The predicted molar refractivity (Wildman–Crippen MR) is 53.0 cm³/mol. The van der Waals surface area contributed by atoms with E-state index in [9.17, 15) is 13.6 Å². The van der Waals surface area contributed by atoms with E-state index in [2.05, 4.69) is 20.3 Å². The number of nitrogens with zero attached hydrogens (tertiary/aromatic N) is 2. The van der Waals surface area contributed by atoms with Crippen molar-refractivity contribution >= 4 is 17.4 Å². The average molecular weight is 240 g/mol. The Labute approximate surface area is 93.4 Å². The van der Waals surface area contributed by atoms with Gasteiger partial charge in [-0.3, -0.25) is 4.79 Å². The molecule has 0 aliphatic heterocycles. The molecular formula is C9H6F2N4O2. The molecule has 6 nitrogen and oxygen atoms in total. The number of hydrogen-bond acceptors (Lipinski definition) is 5. The molecule has 0 bridgehead atoms. The minimum atomic E-state index is -1.07. The zero-order valence-corrected chi connectivity index (χ0v) is 8.28. The van der Waals surface area contributed by atoms with Crippen LogP contribution in [0.5, 0.6) is 0 Å². The molecule has 0 unspecified atom stereocenters. The average Bonchev–Trinajstić information content (AvgIpc) is 2.70. The van der Waals surface area contributed by atoms with Crippen LogP contribution in [0.4, 0.5) is 20.3 Å². The highest BCUT2D eigenvalue weighted by Gasteiger charge is 2.16. The van der Waals surface area contributed by atoms with Gasteiger partial charge in [-0.25, -0.2) is 13.4 Å². The number of nitrogens with one attached hydrogen (secondary N) is 1. The third-order valence-corrected chi connectivity index (χ3v) is 1.91. The molecule has 2 rings (SSSR count). The normalized spacial score (nSPS) is 10.2. The van der Waals surface area contributed by atoms with E-state index in [1.807, 2.05) is 0 Å². The maximum atomic E-state index is 12.9. The summed E-state index contributed by atoms with van der Waals surface area (Å²) in [6.45, 7) is 0. The molecule has 0 aliphatic rings. The van der Waals surface area contributed by atoms with Gasteiger partial charge >= 0.3 is 0 Å². The fraction of sp³-hybridized carbons (Fsp3) is 0. The van der Waals surface area contributed by atoms with Gasteiger partial charge in [-0.15, -0.1) is 0 Å². The standard InChI is InChI=1S/C9H6F2N4O2/c10-5-2-1-4(3-6(5)11)13-9(16)7-8(12)15-17-14-7/h1-3H,(H2,12,15)(H,13,16). The number of halogens is 2. The number of anilines is 2. The van der Waals surface area contributed by atoms with Crippen LogP contribution in [0.15, 0.2) is 22.8 Å². The molecule has 0 radical (unpaired) electrons. The third-order valence-electron chi connectivity index (χ3n) is 1.91. The highest BCUT2D eigenvalue weighted by Crippen LogP contribution is 2.14. The lowest BCUT2D eigenvalue weighted by Gasteiger charge is -2.03. The van der Waals surface area contributed by atoms with Gasteiger partial charge in [0, 0.05) is 11.8 Å². The van der Waals surface area contributed by atoms with Gasteiger partial charge in [-0.2, -0.15) is 0 Å². The lowest BCUT2D eigenvalue weighted by molar-refractivity contribution is 0.101. The van der Waals surface area contributed by atoms with Crippen molar-refractivity contribution in [1.29, 1.82) is 0 Å². The zero-order valence-electron chi connectivity index (χ0n) is 8.28. The van der Waals surface area contributed by atoms with Gasteiger partial charge in [0.05, 0.1) is 0 Å². The number of benzene rings is 1. The topological polar surface area (TPSA) is 94.0 Å². The monoisotopic (exact) mass is 240 g/mol. The molecular weight excluding hydrogens is 234 g/mol. The Morgan fingerprint density at radius 2 is 2.06 bits per heavy atom. The van der Waals surface area contributed by atoms with Crippen LogP contribution in [0.3, 0.4) is 0 Å². The van der Waals surface area contributed by atoms with Crippen LogP contribution in [-0.2, 0) is 0 Å². The summed E-state index contributed by atoms with van der Waals surface area (Å²) in [6.07, 6.45) is 0. The SMILES string of the molecule is Nc1nonc1C(=O)Nc1ccc(F)c(F)c1. The second-order valence-corrected chi connectivity index (χ2v) is 3.08. The van der Waals surface area contributed by atoms with Gasteiger partial charge in [0.2, 0.25) is 11.5 Å². The highest BCUT2D eigenvalue weighted by molar-refractivity contribution is 6.05. The zero-order chi connectivity index (χ0) is 12.4. The molecule has 0 spiro atoms. The third kappa shape index (κ3) is 2.19. The number of aromatic nitrogens is 2. The Balaban J connectivity index is 2.19. The summed E-state index contributed by atoms with van der Waals surface area (Å²) in [5.41, 5.74) is 5.13. The van der Waals surface area contributed by atoms with Gasteiger partial charge in [-0.05, 0) is 22.4 Å². The lowest BCUT2D eigenvalue weighted by atomic mass is 10.3. The van der Waals surface area contributed by atoms with E-state index in [0.717, 1.165) is 12.1 Å². The van der Waals surface area contributed by atoms with Gasteiger partial charge in [0.1, 0.15) is 0 Å². The number of amides is 1. The first kappa shape index (κ1) is 11.0. The quantitative estimate of drug-likeness (QED) is 0.821. The fourth-order valence-corrected chi connectivity index (χ4v) is 1.12. The fourth-order valence-electron chi connectivity index (χ4n) is 1.12. The molecule has 0 fully saturated rings.